The molecule has 1 radical (unpaired) electrons. The minimum atomic E-state index is 0. The van der Waals surface area contributed by atoms with E-state index in [9.17, 15) is 0 Å². The van der Waals surface area contributed by atoms with Crippen molar-refractivity contribution in [2.75, 3.05) is 0 Å². The monoisotopic (exact) mass is 464 g/mol. The molecule has 0 bridgehead atoms. The molecule has 4 aromatic rings. The van der Waals surface area contributed by atoms with Gasteiger partial charge in [-0.25, -0.2) is 4.98 Å². The first-order chi connectivity index (χ1) is 10.4. The predicted octanol–water partition coefficient (Wildman–Crippen LogP) is 3.28. The average molecular weight is 464 g/mol. The molecule has 0 atom stereocenters. The number of imidazole rings is 1. The van der Waals surface area contributed by atoms with Crippen LogP contribution in [0.15, 0.2) is 67.1 Å². The van der Waals surface area contributed by atoms with Crippen LogP contribution in [-0.4, -0.2) is 19.5 Å². The van der Waals surface area contributed by atoms with Gasteiger partial charge in [-0.05, 0) is 36.7 Å². The standard InChI is InChI=1S/C17H11N4.Ir/c1-2-5-14(6-3-1)21-16(13-8-11-18-12-9-13)20-15-7-4-10-19-17(15)21;/h1-8,10-12H;/q-1;. The number of para-hydroxylation sites is 1. The molecule has 5 heteroatoms. The maximum atomic E-state index is 4.70. The first-order valence-corrected chi connectivity index (χ1v) is 6.64. The van der Waals surface area contributed by atoms with Crippen LogP contribution in [0.25, 0.3) is 28.2 Å². The van der Waals surface area contributed by atoms with E-state index in [1.54, 1.807) is 18.6 Å². The maximum Gasteiger partial charge on any atom is 0.152 e. The van der Waals surface area contributed by atoms with E-state index in [0.29, 0.717) is 0 Å². The van der Waals surface area contributed by atoms with Crippen molar-refractivity contribution in [2.45, 2.75) is 0 Å². The van der Waals surface area contributed by atoms with Gasteiger partial charge in [-0.3, -0.25) is 9.97 Å². The average Bonchev–Trinajstić information content (AvgIpc) is 2.96. The molecule has 0 aliphatic carbocycles. The summed E-state index contributed by atoms with van der Waals surface area (Å²) in [5.41, 5.74) is 3.62. The topological polar surface area (TPSA) is 43.6 Å². The summed E-state index contributed by atoms with van der Waals surface area (Å²) in [6.45, 7) is 0. The normalized spacial score (nSPS) is 10.4. The molecular weight excluding hydrogens is 452 g/mol. The van der Waals surface area contributed by atoms with Gasteiger partial charge in [0.1, 0.15) is 0 Å². The van der Waals surface area contributed by atoms with E-state index < -0.39 is 0 Å². The van der Waals surface area contributed by atoms with E-state index in [2.05, 4.69) is 16.0 Å². The molecular formula is C17H11IrN4-. The number of aromatic nitrogens is 4. The largest absolute Gasteiger partial charge is 0.331 e. The minimum absolute atomic E-state index is 0. The zero-order valence-corrected chi connectivity index (χ0v) is 13.9. The molecule has 0 aliphatic rings. The second kappa shape index (κ2) is 6.18. The third kappa shape index (κ3) is 2.45. The predicted molar refractivity (Wildman–Crippen MR) is 80.9 cm³/mol. The van der Waals surface area contributed by atoms with Crippen LogP contribution in [-0.2, 0) is 20.1 Å². The van der Waals surface area contributed by atoms with Crippen molar-refractivity contribution in [3.8, 4) is 17.1 Å². The quantitative estimate of drug-likeness (QED) is 0.429. The molecule has 0 fully saturated rings. The van der Waals surface area contributed by atoms with Gasteiger partial charge in [0.15, 0.2) is 5.65 Å². The molecule has 22 heavy (non-hydrogen) atoms. The summed E-state index contributed by atoms with van der Waals surface area (Å²) in [4.78, 5) is 13.2. The molecule has 0 N–H and O–H groups in total. The summed E-state index contributed by atoms with van der Waals surface area (Å²) in [7, 11) is 0. The van der Waals surface area contributed by atoms with E-state index in [1.807, 2.05) is 53.1 Å². The summed E-state index contributed by atoms with van der Waals surface area (Å²) >= 11 is 0. The van der Waals surface area contributed by atoms with Crippen LogP contribution < -0.4 is 0 Å². The van der Waals surface area contributed by atoms with Gasteiger partial charge in [0.25, 0.3) is 0 Å². The van der Waals surface area contributed by atoms with Crippen molar-refractivity contribution in [3.05, 3.63) is 73.2 Å². The number of hydrogen-bond acceptors (Lipinski definition) is 3. The van der Waals surface area contributed by atoms with E-state index in [4.69, 9.17) is 4.98 Å². The van der Waals surface area contributed by atoms with Crippen molar-refractivity contribution in [1.29, 1.82) is 0 Å². The Morgan fingerprint density at radius 2 is 1.77 bits per heavy atom. The summed E-state index contributed by atoms with van der Waals surface area (Å²) < 4.78 is 2.04. The molecule has 0 spiro atoms. The minimum Gasteiger partial charge on any atom is -0.331 e. The Balaban J connectivity index is 0.00000144. The SMILES string of the molecule is [Ir].[c-]1cnccc1-c1nc2cccnc2n1-c1ccccc1. The molecule has 1 aromatic carbocycles. The molecule has 3 heterocycles. The second-order valence-corrected chi connectivity index (χ2v) is 4.60. The Morgan fingerprint density at radius 3 is 2.55 bits per heavy atom. The third-order valence-corrected chi connectivity index (χ3v) is 3.29. The van der Waals surface area contributed by atoms with Crippen molar-refractivity contribution in [3.63, 3.8) is 0 Å². The Bertz CT molecular complexity index is 888. The zero-order chi connectivity index (χ0) is 14.1. The molecule has 0 unspecified atom stereocenters. The van der Waals surface area contributed by atoms with Crippen LogP contribution in [0.5, 0.6) is 0 Å². The van der Waals surface area contributed by atoms with Gasteiger partial charge in [0.2, 0.25) is 0 Å². The smallest absolute Gasteiger partial charge is 0.152 e. The van der Waals surface area contributed by atoms with Crippen molar-refractivity contribution >= 4 is 11.2 Å². The first-order valence-electron chi connectivity index (χ1n) is 6.64. The molecule has 0 aliphatic heterocycles. The van der Waals surface area contributed by atoms with Crippen LogP contribution in [0.3, 0.4) is 0 Å². The van der Waals surface area contributed by atoms with Crippen molar-refractivity contribution < 1.29 is 20.1 Å². The number of benzene rings is 1. The fourth-order valence-corrected chi connectivity index (χ4v) is 2.37. The maximum absolute atomic E-state index is 4.70. The number of pyridine rings is 2. The fraction of sp³-hybridized carbons (Fsp3) is 0. The summed E-state index contributed by atoms with van der Waals surface area (Å²) in [6, 6.07) is 19.0. The Labute approximate surface area is 141 Å². The van der Waals surface area contributed by atoms with Crippen LogP contribution >= 0.6 is 0 Å². The summed E-state index contributed by atoms with van der Waals surface area (Å²) in [6.07, 6.45) is 5.18. The van der Waals surface area contributed by atoms with Crippen LogP contribution in [0, 0.1) is 6.07 Å². The molecule has 0 saturated heterocycles. The van der Waals surface area contributed by atoms with Crippen molar-refractivity contribution in [1.82, 2.24) is 19.5 Å². The van der Waals surface area contributed by atoms with Crippen LogP contribution in [0.2, 0.25) is 0 Å². The molecule has 4 rings (SSSR count). The third-order valence-electron chi connectivity index (χ3n) is 3.29. The molecule has 0 saturated carbocycles. The van der Waals surface area contributed by atoms with E-state index in [1.165, 1.54) is 0 Å². The van der Waals surface area contributed by atoms with Crippen molar-refractivity contribution in [2.24, 2.45) is 0 Å². The zero-order valence-electron chi connectivity index (χ0n) is 11.5. The summed E-state index contributed by atoms with van der Waals surface area (Å²) in [5, 5.41) is 0. The molecule has 109 valence electrons. The van der Waals surface area contributed by atoms with Gasteiger partial charge in [0, 0.05) is 37.8 Å². The fourth-order valence-electron chi connectivity index (χ4n) is 2.37. The molecule has 0 amide bonds. The number of fused-ring (bicyclic) bond motifs is 1. The van der Waals surface area contributed by atoms with E-state index in [-0.39, 0.29) is 20.1 Å². The van der Waals surface area contributed by atoms with Gasteiger partial charge in [-0.15, -0.1) is 11.6 Å². The van der Waals surface area contributed by atoms with Crippen LogP contribution in [0.4, 0.5) is 0 Å². The van der Waals surface area contributed by atoms with Gasteiger partial charge in [0.05, 0.1) is 5.52 Å². The number of nitrogens with zero attached hydrogens (tertiary/aromatic N) is 4. The Hall–Kier alpha value is -2.36. The van der Waals surface area contributed by atoms with E-state index in [0.717, 1.165) is 28.2 Å². The van der Waals surface area contributed by atoms with Gasteiger partial charge >= 0.3 is 0 Å². The summed E-state index contributed by atoms with van der Waals surface area (Å²) in [5.74, 6) is 0.817. The van der Waals surface area contributed by atoms with Gasteiger partial charge in [-0.1, -0.05) is 18.2 Å². The first kappa shape index (κ1) is 14.6. The Morgan fingerprint density at radius 1 is 0.909 bits per heavy atom. The molecule has 3 aromatic heterocycles. The number of hydrogen-bond donors (Lipinski definition) is 0. The van der Waals surface area contributed by atoms with E-state index >= 15 is 0 Å². The number of rotatable bonds is 2. The molecule has 4 nitrogen and oxygen atoms in total. The Kier molecular flexibility index (Phi) is 4.09. The van der Waals surface area contributed by atoms with Gasteiger partial charge < -0.3 is 4.57 Å². The van der Waals surface area contributed by atoms with Crippen LogP contribution in [0.1, 0.15) is 0 Å². The second-order valence-electron chi connectivity index (χ2n) is 4.60. The van der Waals surface area contributed by atoms with Gasteiger partial charge in [-0.2, -0.15) is 6.07 Å².